The summed E-state index contributed by atoms with van der Waals surface area (Å²) in [7, 11) is -1.82. The van der Waals surface area contributed by atoms with Gasteiger partial charge in [-0.3, -0.25) is 4.68 Å². The molecule has 3 aliphatic rings. The second-order valence-electron chi connectivity index (χ2n) is 5.50. The van der Waals surface area contributed by atoms with Gasteiger partial charge in [0, 0.05) is 13.1 Å². The maximum atomic E-state index is 12.1. The second kappa shape index (κ2) is 2.89. The maximum Gasteiger partial charge on any atom is 0.261 e. The summed E-state index contributed by atoms with van der Waals surface area (Å²) in [5.41, 5.74) is 0. The Morgan fingerprint density at radius 1 is 1.29 bits per heavy atom. The van der Waals surface area contributed by atoms with E-state index in [1.54, 1.807) is 7.05 Å². The fourth-order valence-electron chi connectivity index (χ4n) is 3.46. The van der Waals surface area contributed by atoms with Gasteiger partial charge in [0.15, 0.2) is 0 Å². The molecule has 4 rings (SSSR count). The first-order chi connectivity index (χ1) is 8.06. The van der Waals surface area contributed by atoms with Crippen LogP contribution in [0.1, 0.15) is 12.8 Å². The quantitative estimate of drug-likeness (QED) is 0.807. The van der Waals surface area contributed by atoms with E-state index in [1.165, 1.54) is 23.7 Å². The van der Waals surface area contributed by atoms with Crippen molar-refractivity contribution in [2.24, 2.45) is 30.7 Å². The Bertz CT molecular complexity index is 565. The molecule has 0 amide bonds. The SMILES string of the molecule is Cn1cc(S(=O)(=O)NC2[C@@H]3C[C@@H]3[C@H]3C[C@@H]23)nn1. The Kier molecular flexibility index (Phi) is 1.70. The van der Waals surface area contributed by atoms with Crippen LogP contribution in [0.15, 0.2) is 11.2 Å². The minimum absolute atomic E-state index is 0.0290. The molecule has 0 radical (unpaired) electrons. The Morgan fingerprint density at radius 2 is 1.94 bits per heavy atom. The smallest absolute Gasteiger partial charge is 0.254 e. The summed E-state index contributed by atoms with van der Waals surface area (Å²) >= 11 is 0. The van der Waals surface area contributed by atoms with Gasteiger partial charge in [-0.1, -0.05) is 5.21 Å². The van der Waals surface area contributed by atoms with Crippen molar-refractivity contribution in [2.75, 3.05) is 0 Å². The van der Waals surface area contributed by atoms with Crippen LogP contribution < -0.4 is 4.72 Å². The molecule has 7 heteroatoms. The highest BCUT2D eigenvalue weighted by Gasteiger charge is 2.67. The van der Waals surface area contributed by atoms with E-state index in [4.69, 9.17) is 0 Å². The topological polar surface area (TPSA) is 76.9 Å². The summed E-state index contributed by atoms with van der Waals surface area (Å²) in [6.45, 7) is 0. The molecule has 0 spiro atoms. The minimum Gasteiger partial charge on any atom is -0.254 e. The first-order valence-electron chi connectivity index (χ1n) is 5.95. The van der Waals surface area contributed by atoms with Gasteiger partial charge >= 0.3 is 0 Å². The molecule has 0 aliphatic heterocycles. The first-order valence-corrected chi connectivity index (χ1v) is 7.43. The zero-order chi connectivity index (χ0) is 11.8. The molecule has 1 heterocycles. The van der Waals surface area contributed by atoms with Crippen LogP contribution in [0.5, 0.6) is 0 Å². The van der Waals surface area contributed by atoms with E-state index in [9.17, 15) is 8.42 Å². The highest BCUT2D eigenvalue weighted by molar-refractivity contribution is 7.89. The zero-order valence-corrected chi connectivity index (χ0v) is 10.3. The van der Waals surface area contributed by atoms with Crippen molar-refractivity contribution < 1.29 is 8.42 Å². The molecule has 6 nitrogen and oxygen atoms in total. The van der Waals surface area contributed by atoms with Crippen LogP contribution in [-0.2, 0) is 17.1 Å². The molecule has 1 N–H and O–H groups in total. The summed E-state index contributed by atoms with van der Waals surface area (Å²) < 4.78 is 28.4. The van der Waals surface area contributed by atoms with Gasteiger partial charge in [0.05, 0.1) is 6.20 Å². The standard InChI is InChI=1S/C10H14N4O2S/c1-14-4-9(11-13-14)17(15,16)12-10-7-2-5(7)6-3-8(6)10/h4-8,10,12H,2-3H2,1H3/t5-,6-,7-,8-/m1/s1. The number of fused-ring (bicyclic) bond motifs is 3. The van der Waals surface area contributed by atoms with Crippen molar-refractivity contribution >= 4 is 10.0 Å². The zero-order valence-electron chi connectivity index (χ0n) is 9.44. The van der Waals surface area contributed by atoms with Crippen molar-refractivity contribution in [3.63, 3.8) is 0 Å². The number of hydrogen-bond acceptors (Lipinski definition) is 4. The molecule has 3 aliphatic carbocycles. The van der Waals surface area contributed by atoms with Crippen LogP contribution >= 0.6 is 0 Å². The number of nitrogens with zero attached hydrogens (tertiary/aromatic N) is 3. The summed E-state index contributed by atoms with van der Waals surface area (Å²) in [6, 6.07) is 0.150. The Labute approximate surface area is 99.4 Å². The number of nitrogens with one attached hydrogen (secondary N) is 1. The lowest BCUT2D eigenvalue weighted by molar-refractivity contribution is 0.489. The average molecular weight is 254 g/mol. The van der Waals surface area contributed by atoms with E-state index >= 15 is 0 Å². The van der Waals surface area contributed by atoms with E-state index in [0.29, 0.717) is 11.8 Å². The second-order valence-corrected chi connectivity index (χ2v) is 7.17. The fraction of sp³-hybridized carbons (Fsp3) is 0.800. The summed E-state index contributed by atoms with van der Waals surface area (Å²) in [4.78, 5) is 0. The number of aryl methyl sites for hydroxylation is 1. The lowest BCUT2D eigenvalue weighted by Gasteiger charge is -2.14. The summed E-state index contributed by atoms with van der Waals surface area (Å²) in [6.07, 6.45) is 3.84. The van der Waals surface area contributed by atoms with Crippen molar-refractivity contribution in [2.45, 2.75) is 23.9 Å². The van der Waals surface area contributed by atoms with Crippen molar-refractivity contribution in [1.82, 2.24) is 19.7 Å². The predicted octanol–water partition coefficient (Wildman–Crippen LogP) is -0.252. The van der Waals surface area contributed by atoms with Gasteiger partial charge in [-0.15, -0.1) is 5.10 Å². The molecule has 0 bridgehead atoms. The molecule has 3 saturated carbocycles. The van der Waals surface area contributed by atoms with E-state index in [1.807, 2.05) is 0 Å². The number of sulfonamides is 1. The van der Waals surface area contributed by atoms with Gasteiger partial charge in [-0.25, -0.2) is 13.1 Å². The van der Waals surface area contributed by atoms with Gasteiger partial charge < -0.3 is 0 Å². The first kappa shape index (κ1) is 10.0. The molecular formula is C10H14N4O2S. The molecule has 1 aromatic rings. The van der Waals surface area contributed by atoms with E-state index in [0.717, 1.165) is 11.8 Å². The Hall–Kier alpha value is -0.950. The molecule has 0 saturated heterocycles. The van der Waals surface area contributed by atoms with Gasteiger partial charge in [-0.05, 0) is 36.5 Å². The molecule has 4 atom stereocenters. The molecule has 1 aromatic heterocycles. The van der Waals surface area contributed by atoms with Crippen molar-refractivity contribution in [1.29, 1.82) is 0 Å². The van der Waals surface area contributed by atoms with Gasteiger partial charge in [0.2, 0.25) is 5.03 Å². The lowest BCUT2D eigenvalue weighted by atomic mass is 10.1. The Balaban J connectivity index is 1.59. The fourth-order valence-corrected chi connectivity index (χ4v) is 4.73. The van der Waals surface area contributed by atoms with Gasteiger partial charge in [0.25, 0.3) is 10.0 Å². The lowest BCUT2D eigenvalue weighted by Crippen LogP contribution is -2.37. The monoisotopic (exact) mass is 254 g/mol. The van der Waals surface area contributed by atoms with Crippen LogP contribution in [0.3, 0.4) is 0 Å². The van der Waals surface area contributed by atoms with Crippen LogP contribution in [0.25, 0.3) is 0 Å². The van der Waals surface area contributed by atoms with E-state index in [-0.39, 0.29) is 11.1 Å². The van der Waals surface area contributed by atoms with Crippen LogP contribution in [0, 0.1) is 23.7 Å². The number of hydrogen-bond donors (Lipinski definition) is 1. The van der Waals surface area contributed by atoms with Gasteiger partial charge in [-0.2, -0.15) is 0 Å². The highest BCUT2D eigenvalue weighted by atomic mass is 32.2. The highest BCUT2D eigenvalue weighted by Crippen LogP contribution is 2.69. The third kappa shape index (κ3) is 1.38. The molecule has 0 unspecified atom stereocenters. The van der Waals surface area contributed by atoms with Crippen LogP contribution in [0.2, 0.25) is 0 Å². The van der Waals surface area contributed by atoms with E-state index < -0.39 is 10.0 Å². The van der Waals surface area contributed by atoms with Crippen molar-refractivity contribution in [3.05, 3.63) is 6.20 Å². The van der Waals surface area contributed by atoms with E-state index in [2.05, 4.69) is 15.0 Å². The molecule has 0 aromatic carbocycles. The van der Waals surface area contributed by atoms with Crippen LogP contribution in [0.4, 0.5) is 0 Å². The maximum absolute atomic E-state index is 12.1. The van der Waals surface area contributed by atoms with Crippen LogP contribution in [-0.4, -0.2) is 29.5 Å². The Morgan fingerprint density at radius 3 is 2.47 bits per heavy atom. The summed E-state index contributed by atoms with van der Waals surface area (Å²) in [5, 5.41) is 7.36. The predicted molar refractivity (Wildman–Crippen MR) is 58.3 cm³/mol. The third-order valence-corrected chi connectivity index (χ3v) is 5.72. The van der Waals surface area contributed by atoms with Gasteiger partial charge in [0.1, 0.15) is 0 Å². The molecular weight excluding hydrogens is 240 g/mol. The molecule has 92 valence electrons. The largest absolute Gasteiger partial charge is 0.261 e. The number of rotatable bonds is 3. The average Bonchev–Trinajstić information content (AvgIpc) is 3.13. The minimum atomic E-state index is -3.48. The number of aromatic nitrogens is 3. The molecule has 17 heavy (non-hydrogen) atoms. The normalized spacial score (nSPS) is 42.1. The third-order valence-electron chi connectivity index (χ3n) is 4.40. The van der Waals surface area contributed by atoms with Crippen molar-refractivity contribution in [3.8, 4) is 0 Å². The summed E-state index contributed by atoms with van der Waals surface area (Å²) in [5.74, 6) is 2.78. The molecule has 3 fully saturated rings.